The standard InChI is InChI=1S/C19H19N3O4S/c1-20-27(24,25)21-15-9-10-18(26-16-6-4-3-5-7-16)17(12-15)14-8-11-19(23)22(2)13-14/h3-13,20-21H,1-2H3. The molecule has 3 rings (SSSR count). The molecular formula is C19H19N3O4S. The molecule has 0 saturated carbocycles. The Morgan fingerprint density at radius 3 is 2.41 bits per heavy atom. The van der Waals surface area contributed by atoms with Crippen LogP contribution in [0.4, 0.5) is 5.69 Å². The maximum absolute atomic E-state index is 11.8. The fourth-order valence-electron chi connectivity index (χ4n) is 2.48. The molecule has 0 amide bonds. The second-order valence-electron chi connectivity index (χ2n) is 5.80. The molecule has 0 atom stereocenters. The number of para-hydroxylation sites is 1. The first-order chi connectivity index (χ1) is 12.9. The Hall–Kier alpha value is -3.10. The molecule has 3 aromatic rings. The first-order valence-corrected chi connectivity index (χ1v) is 9.61. The average Bonchev–Trinajstić information content (AvgIpc) is 2.66. The molecule has 140 valence electrons. The number of pyridine rings is 1. The van der Waals surface area contributed by atoms with Crippen molar-refractivity contribution in [3.63, 3.8) is 0 Å². The van der Waals surface area contributed by atoms with Crippen LogP contribution in [0.3, 0.4) is 0 Å². The van der Waals surface area contributed by atoms with Gasteiger partial charge in [0.25, 0.3) is 10.2 Å². The first kappa shape index (κ1) is 18.7. The zero-order chi connectivity index (χ0) is 19.4. The fourth-order valence-corrected chi connectivity index (χ4v) is 3.02. The number of anilines is 1. The average molecular weight is 385 g/mol. The molecule has 0 aliphatic heterocycles. The lowest BCUT2D eigenvalue weighted by Gasteiger charge is -2.15. The zero-order valence-electron chi connectivity index (χ0n) is 14.8. The summed E-state index contributed by atoms with van der Waals surface area (Å²) in [7, 11) is -0.682. The number of ether oxygens (including phenoxy) is 1. The number of nitrogens with one attached hydrogen (secondary N) is 2. The number of nitrogens with zero attached hydrogens (tertiary/aromatic N) is 1. The van der Waals surface area contributed by atoms with Gasteiger partial charge in [-0.15, -0.1) is 0 Å². The van der Waals surface area contributed by atoms with E-state index in [1.54, 1.807) is 37.5 Å². The number of aryl methyl sites for hydroxylation is 1. The molecule has 0 unspecified atom stereocenters. The van der Waals surface area contributed by atoms with Gasteiger partial charge in [0.05, 0.1) is 5.69 Å². The topological polar surface area (TPSA) is 89.4 Å². The van der Waals surface area contributed by atoms with E-state index in [0.717, 1.165) is 0 Å². The molecule has 0 radical (unpaired) electrons. The minimum atomic E-state index is -3.65. The van der Waals surface area contributed by atoms with Crippen LogP contribution in [0, 0.1) is 0 Å². The van der Waals surface area contributed by atoms with Gasteiger partial charge in [-0.25, -0.2) is 4.72 Å². The van der Waals surface area contributed by atoms with Crippen LogP contribution in [0.25, 0.3) is 11.1 Å². The van der Waals surface area contributed by atoms with Crippen molar-refractivity contribution in [2.45, 2.75) is 0 Å². The van der Waals surface area contributed by atoms with Crippen molar-refractivity contribution in [3.8, 4) is 22.6 Å². The number of rotatable bonds is 6. The van der Waals surface area contributed by atoms with Crippen LogP contribution < -0.4 is 19.7 Å². The lowest BCUT2D eigenvalue weighted by atomic mass is 10.1. The summed E-state index contributed by atoms with van der Waals surface area (Å²) in [5.74, 6) is 1.18. The van der Waals surface area contributed by atoms with Crippen LogP contribution in [0.15, 0.2) is 71.7 Å². The van der Waals surface area contributed by atoms with Crippen LogP contribution in [-0.4, -0.2) is 20.0 Å². The molecule has 2 N–H and O–H groups in total. The Balaban J connectivity index is 2.09. The Morgan fingerprint density at radius 2 is 1.74 bits per heavy atom. The largest absolute Gasteiger partial charge is 0.457 e. The summed E-state index contributed by atoms with van der Waals surface area (Å²) in [4.78, 5) is 11.7. The van der Waals surface area contributed by atoms with E-state index in [1.807, 2.05) is 30.3 Å². The maximum atomic E-state index is 11.8. The van der Waals surface area contributed by atoms with E-state index in [-0.39, 0.29) is 5.56 Å². The molecule has 7 nitrogen and oxygen atoms in total. The van der Waals surface area contributed by atoms with Gasteiger partial charge in [-0.1, -0.05) is 18.2 Å². The van der Waals surface area contributed by atoms with Crippen molar-refractivity contribution in [2.75, 3.05) is 11.8 Å². The second-order valence-corrected chi connectivity index (χ2v) is 7.42. The van der Waals surface area contributed by atoms with Crippen LogP contribution in [-0.2, 0) is 17.3 Å². The van der Waals surface area contributed by atoms with Crippen molar-refractivity contribution >= 4 is 15.9 Å². The third-order valence-electron chi connectivity index (χ3n) is 3.87. The zero-order valence-corrected chi connectivity index (χ0v) is 15.7. The summed E-state index contributed by atoms with van der Waals surface area (Å²) >= 11 is 0. The van der Waals surface area contributed by atoms with Gasteiger partial charge in [-0.05, 0) is 36.4 Å². The van der Waals surface area contributed by atoms with E-state index in [9.17, 15) is 13.2 Å². The number of hydrogen-bond acceptors (Lipinski definition) is 4. The highest BCUT2D eigenvalue weighted by atomic mass is 32.2. The molecule has 0 saturated heterocycles. The molecule has 0 fully saturated rings. The summed E-state index contributed by atoms with van der Waals surface area (Å²) < 4.78 is 35.6. The van der Waals surface area contributed by atoms with E-state index in [2.05, 4.69) is 9.44 Å². The quantitative estimate of drug-likeness (QED) is 0.683. The highest BCUT2D eigenvalue weighted by Gasteiger charge is 2.13. The highest BCUT2D eigenvalue weighted by molar-refractivity contribution is 7.90. The van der Waals surface area contributed by atoms with E-state index >= 15 is 0 Å². The molecule has 0 bridgehead atoms. The molecule has 1 heterocycles. The van der Waals surface area contributed by atoms with E-state index in [4.69, 9.17) is 4.74 Å². The molecule has 0 aliphatic rings. The highest BCUT2D eigenvalue weighted by Crippen LogP contribution is 2.35. The first-order valence-electron chi connectivity index (χ1n) is 8.13. The van der Waals surface area contributed by atoms with Crippen molar-refractivity contribution in [1.82, 2.24) is 9.29 Å². The fraction of sp³-hybridized carbons (Fsp3) is 0.105. The van der Waals surface area contributed by atoms with Gasteiger partial charge in [0.1, 0.15) is 11.5 Å². The summed E-state index contributed by atoms with van der Waals surface area (Å²) in [6.07, 6.45) is 1.67. The Labute approximate surface area is 157 Å². The SMILES string of the molecule is CNS(=O)(=O)Nc1ccc(Oc2ccccc2)c(-c2ccc(=O)n(C)c2)c1. The third-order valence-corrected chi connectivity index (χ3v) is 4.91. The van der Waals surface area contributed by atoms with Crippen molar-refractivity contribution in [3.05, 3.63) is 77.2 Å². The second kappa shape index (κ2) is 7.65. The smallest absolute Gasteiger partial charge is 0.298 e. The van der Waals surface area contributed by atoms with Gasteiger partial charge in [0.2, 0.25) is 5.56 Å². The summed E-state index contributed by atoms with van der Waals surface area (Å²) in [6.45, 7) is 0. The van der Waals surface area contributed by atoms with Gasteiger partial charge < -0.3 is 9.30 Å². The minimum Gasteiger partial charge on any atom is -0.457 e. The third kappa shape index (κ3) is 4.55. The maximum Gasteiger partial charge on any atom is 0.298 e. The van der Waals surface area contributed by atoms with Gasteiger partial charge in [0, 0.05) is 37.5 Å². The number of benzene rings is 2. The normalized spacial score (nSPS) is 11.2. The summed E-state index contributed by atoms with van der Waals surface area (Å²) in [6, 6.07) is 17.3. The van der Waals surface area contributed by atoms with Gasteiger partial charge >= 0.3 is 0 Å². The van der Waals surface area contributed by atoms with Crippen LogP contribution in [0.2, 0.25) is 0 Å². The Kier molecular flexibility index (Phi) is 5.29. The van der Waals surface area contributed by atoms with E-state index in [1.165, 1.54) is 17.7 Å². The van der Waals surface area contributed by atoms with E-state index < -0.39 is 10.2 Å². The monoisotopic (exact) mass is 385 g/mol. The molecule has 8 heteroatoms. The van der Waals surface area contributed by atoms with Crippen molar-refractivity contribution in [2.24, 2.45) is 7.05 Å². The van der Waals surface area contributed by atoms with E-state index in [0.29, 0.717) is 28.3 Å². The molecule has 2 aromatic carbocycles. The Bertz CT molecular complexity index is 1110. The number of aromatic nitrogens is 1. The molecular weight excluding hydrogens is 366 g/mol. The molecule has 0 aliphatic carbocycles. The lowest BCUT2D eigenvalue weighted by molar-refractivity contribution is 0.484. The van der Waals surface area contributed by atoms with Gasteiger partial charge in [-0.2, -0.15) is 8.42 Å². The Morgan fingerprint density at radius 1 is 1.00 bits per heavy atom. The van der Waals surface area contributed by atoms with Crippen molar-refractivity contribution in [1.29, 1.82) is 0 Å². The summed E-state index contributed by atoms with van der Waals surface area (Å²) in [5.41, 5.74) is 1.59. The van der Waals surface area contributed by atoms with Crippen LogP contribution in [0.1, 0.15) is 0 Å². The predicted octanol–water partition coefficient (Wildman–Crippen LogP) is 2.72. The molecule has 0 spiro atoms. The summed E-state index contributed by atoms with van der Waals surface area (Å²) in [5, 5.41) is 0. The van der Waals surface area contributed by atoms with Crippen molar-refractivity contribution < 1.29 is 13.2 Å². The predicted molar refractivity (Wildman–Crippen MR) is 105 cm³/mol. The van der Waals surface area contributed by atoms with Crippen LogP contribution in [0.5, 0.6) is 11.5 Å². The van der Waals surface area contributed by atoms with Gasteiger partial charge in [-0.3, -0.25) is 9.52 Å². The number of hydrogen-bond donors (Lipinski definition) is 2. The van der Waals surface area contributed by atoms with Gasteiger partial charge in [0.15, 0.2) is 0 Å². The lowest BCUT2D eigenvalue weighted by Crippen LogP contribution is -2.26. The molecule has 27 heavy (non-hydrogen) atoms. The van der Waals surface area contributed by atoms with Crippen LogP contribution >= 0.6 is 0 Å². The minimum absolute atomic E-state index is 0.142. The molecule has 1 aromatic heterocycles.